The van der Waals surface area contributed by atoms with Crippen LogP contribution in [-0.4, -0.2) is 48.5 Å². The maximum Gasteiger partial charge on any atom is 0.387 e. The van der Waals surface area contributed by atoms with Crippen LogP contribution in [0.3, 0.4) is 0 Å². The van der Waals surface area contributed by atoms with Crippen molar-refractivity contribution in [3.05, 3.63) is 93.6 Å². The number of nitro groups is 1. The monoisotopic (exact) mass is 467 g/mol. The zero-order chi connectivity index (χ0) is 24.0. The van der Waals surface area contributed by atoms with Crippen LogP contribution in [-0.2, 0) is 37.0 Å². The Morgan fingerprint density at radius 1 is 1.09 bits per heavy atom. The molecule has 0 spiro atoms. The molecular formula is C26H29NO7. The summed E-state index contributed by atoms with van der Waals surface area (Å²) in [5.41, 5.74) is 0.750. The van der Waals surface area contributed by atoms with Crippen molar-refractivity contribution in [2.24, 2.45) is 0 Å². The molecule has 0 bridgehead atoms. The normalized spacial score (nSPS) is 26.3. The highest BCUT2D eigenvalue weighted by molar-refractivity contribution is 5.81. The first-order valence-corrected chi connectivity index (χ1v) is 11.4. The molecule has 4 rings (SSSR count). The molecule has 0 saturated carbocycles. The van der Waals surface area contributed by atoms with E-state index in [1.54, 1.807) is 0 Å². The van der Waals surface area contributed by atoms with E-state index in [2.05, 4.69) is 0 Å². The van der Waals surface area contributed by atoms with Crippen molar-refractivity contribution < 1.29 is 28.7 Å². The zero-order valence-electron chi connectivity index (χ0n) is 19.1. The summed E-state index contributed by atoms with van der Waals surface area (Å²) in [4.78, 5) is 24.3. The van der Waals surface area contributed by atoms with E-state index in [1.165, 1.54) is 7.11 Å². The van der Waals surface area contributed by atoms with Crippen molar-refractivity contribution in [1.82, 2.24) is 0 Å². The molecule has 0 aromatic heterocycles. The van der Waals surface area contributed by atoms with Crippen molar-refractivity contribution in [1.29, 1.82) is 0 Å². The summed E-state index contributed by atoms with van der Waals surface area (Å²) in [5.74, 6) is -0.888. The van der Waals surface area contributed by atoms with Crippen LogP contribution in [0.1, 0.15) is 30.4 Å². The Hall–Kier alpha value is -3.07. The van der Waals surface area contributed by atoms with Crippen LogP contribution in [0.15, 0.2) is 72.3 Å². The molecule has 8 nitrogen and oxygen atoms in total. The third-order valence-electron chi connectivity index (χ3n) is 6.43. The van der Waals surface area contributed by atoms with Crippen LogP contribution in [0.4, 0.5) is 0 Å². The molecule has 1 aliphatic carbocycles. The highest BCUT2D eigenvalue weighted by Crippen LogP contribution is 2.41. The van der Waals surface area contributed by atoms with E-state index in [1.807, 2.05) is 66.7 Å². The number of hydrogen-bond acceptors (Lipinski definition) is 7. The first-order chi connectivity index (χ1) is 16.5. The first kappa shape index (κ1) is 24.1. The first-order valence-electron chi connectivity index (χ1n) is 11.4. The van der Waals surface area contributed by atoms with Crippen molar-refractivity contribution in [3.63, 3.8) is 0 Å². The number of fused-ring (bicyclic) bond motifs is 1. The summed E-state index contributed by atoms with van der Waals surface area (Å²) in [5, 5.41) is 12.2. The summed E-state index contributed by atoms with van der Waals surface area (Å²) < 4.78 is 23.3. The number of hydrogen-bond donors (Lipinski definition) is 0. The van der Waals surface area contributed by atoms with Gasteiger partial charge in [0.2, 0.25) is 0 Å². The molecule has 0 radical (unpaired) electrons. The lowest BCUT2D eigenvalue weighted by atomic mass is 9.75. The zero-order valence-corrected chi connectivity index (χ0v) is 19.1. The molecule has 2 unspecified atom stereocenters. The van der Waals surface area contributed by atoms with Gasteiger partial charge in [0, 0.05) is 17.8 Å². The predicted molar refractivity (Wildman–Crippen MR) is 123 cm³/mol. The fourth-order valence-electron chi connectivity index (χ4n) is 4.64. The van der Waals surface area contributed by atoms with E-state index >= 15 is 0 Å². The van der Waals surface area contributed by atoms with E-state index in [-0.39, 0.29) is 19.1 Å². The van der Waals surface area contributed by atoms with Crippen LogP contribution in [0, 0.1) is 10.1 Å². The van der Waals surface area contributed by atoms with Gasteiger partial charge in [-0.05, 0) is 23.1 Å². The van der Waals surface area contributed by atoms with Gasteiger partial charge in [-0.25, -0.2) is 4.79 Å². The second-order valence-electron chi connectivity index (χ2n) is 8.59. The number of allylic oxidation sites excluding steroid dienone is 1. The number of ether oxygens (including phenoxy) is 4. The van der Waals surface area contributed by atoms with E-state index < -0.39 is 28.6 Å². The summed E-state index contributed by atoms with van der Waals surface area (Å²) in [7, 11) is 1.17. The molecule has 8 heteroatoms. The van der Waals surface area contributed by atoms with Gasteiger partial charge < -0.3 is 18.9 Å². The standard InChI is InChI=1S/C26H29NO7/c1-31-25(28)26(27(29)30)14-8-13-21-15-22(33-17-20-11-6-3-7-12-20)23(34-24(21)26)18-32-16-19-9-4-2-5-10-19/h2-7,9-13,22-24H,8,14-18H2,1H3/t22-,23+,24?,26?/m0/s1. The minimum atomic E-state index is -1.97. The number of carbonyl (C=O) groups is 1. The molecule has 0 N–H and O–H groups in total. The van der Waals surface area contributed by atoms with Crippen LogP contribution in [0.5, 0.6) is 0 Å². The maximum atomic E-state index is 12.6. The van der Waals surface area contributed by atoms with Gasteiger partial charge >= 0.3 is 11.5 Å². The summed E-state index contributed by atoms with van der Waals surface area (Å²) in [6, 6.07) is 19.5. The average molecular weight is 468 g/mol. The largest absolute Gasteiger partial charge is 0.464 e. The lowest BCUT2D eigenvalue weighted by molar-refractivity contribution is -0.570. The third-order valence-corrected chi connectivity index (χ3v) is 6.43. The van der Waals surface area contributed by atoms with Gasteiger partial charge in [0.25, 0.3) is 0 Å². The maximum absolute atomic E-state index is 12.6. The van der Waals surface area contributed by atoms with Gasteiger partial charge in [0.15, 0.2) is 6.10 Å². The molecule has 34 heavy (non-hydrogen) atoms. The Balaban J connectivity index is 1.54. The minimum absolute atomic E-state index is 0.0218. The Morgan fingerprint density at radius 2 is 1.74 bits per heavy atom. The number of nitrogens with zero attached hydrogens (tertiary/aromatic N) is 1. The smallest absolute Gasteiger partial charge is 0.387 e. The Labute approximate surface area is 198 Å². The lowest BCUT2D eigenvalue weighted by Crippen LogP contribution is -2.63. The quantitative estimate of drug-likeness (QED) is 0.239. The van der Waals surface area contributed by atoms with Gasteiger partial charge in [0.05, 0.1) is 33.0 Å². The third kappa shape index (κ3) is 5.04. The summed E-state index contributed by atoms with van der Waals surface area (Å²) in [6.45, 7) is 0.920. The highest BCUT2D eigenvalue weighted by Gasteiger charge is 2.63. The summed E-state index contributed by atoms with van der Waals surface area (Å²) in [6.07, 6.45) is 0.777. The van der Waals surface area contributed by atoms with Gasteiger partial charge in [-0.3, -0.25) is 10.1 Å². The van der Waals surface area contributed by atoms with Crippen molar-refractivity contribution >= 4 is 5.97 Å². The van der Waals surface area contributed by atoms with Crippen LogP contribution < -0.4 is 0 Å². The molecule has 2 aromatic carbocycles. The number of rotatable bonds is 9. The van der Waals surface area contributed by atoms with Crippen LogP contribution in [0.2, 0.25) is 0 Å². The van der Waals surface area contributed by atoms with Gasteiger partial charge in [0.1, 0.15) is 6.10 Å². The molecular weight excluding hydrogens is 438 g/mol. The van der Waals surface area contributed by atoms with E-state index in [9.17, 15) is 14.9 Å². The fourth-order valence-corrected chi connectivity index (χ4v) is 4.64. The number of carbonyl (C=O) groups excluding carboxylic acids is 1. The summed E-state index contributed by atoms with van der Waals surface area (Å²) >= 11 is 0. The predicted octanol–water partition coefficient (Wildman–Crippen LogP) is 3.85. The molecule has 1 fully saturated rings. The fraction of sp³-hybridized carbons (Fsp3) is 0.423. The second-order valence-corrected chi connectivity index (χ2v) is 8.59. The Morgan fingerprint density at radius 3 is 2.35 bits per heavy atom. The molecule has 180 valence electrons. The molecule has 1 aliphatic heterocycles. The molecule has 1 saturated heterocycles. The SMILES string of the molecule is COC(=O)C1([N+](=O)[O-])CCC=C2C[C@H](OCc3ccccc3)[C@@H](COCc3ccccc3)OC21. The highest BCUT2D eigenvalue weighted by atomic mass is 16.7. The molecule has 0 amide bonds. The van der Waals surface area contributed by atoms with E-state index in [0.717, 1.165) is 11.1 Å². The van der Waals surface area contributed by atoms with Crippen molar-refractivity contribution in [3.8, 4) is 0 Å². The lowest BCUT2D eigenvalue weighted by Gasteiger charge is -2.43. The minimum Gasteiger partial charge on any atom is -0.464 e. The molecule has 2 aliphatic rings. The van der Waals surface area contributed by atoms with E-state index in [0.29, 0.717) is 31.6 Å². The van der Waals surface area contributed by atoms with Crippen molar-refractivity contribution in [2.45, 2.75) is 56.3 Å². The van der Waals surface area contributed by atoms with Crippen LogP contribution in [0.25, 0.3) is 0 Å². The van der Waals surface area contributed by atoms with Crippen LogP contribution >= 0.6 is 0 Å². The van der Waals surface area contributed by atoms with Gasteiger partial charge in [-0.1, -0.05) is 66.7 Å². The topological polar surface area (TPSA) is 97.1 Å². The van der Waals surface area contributed by atoms with Gasteiger partial charge in [-0.2, -0.15) is 0 Å². The molecule has 4 atom stereocenters. The molecule has 1 heterocycles. The average Bonchev–Trinajstić information content (AvgIpc) is 2.87. The second kappa shape index (κ2) is 10.9. The number of benzene rings is 2. The Kier molecular flexibility index (Phi) is 7.72. The number of methoxy groups -OCH3 is 1. The van der Waals surface area contributed by atoms with Gasteiger partial charge in [-0.15, -0.1) is 0 Å². The number of esters is 1. The molecule has 2 aromatic rings. The Bertz CT molecular complexity index is 1010. The van der Waals surface area contributed by atoms with E-state index in [4.69, 9.17) is 18.9 Å². The van der Waals surface area contributed by atoms with Crippen molar-refractivity contribution in [2.75, 3.05) is 13.7 Å².